The molecular formula is C12H19FO5. The van der Waals surface area contributed by atoms with Gasteiger partial charge in [0.2, 0.25) is 0 Å². The molecule has 0 N–H and O–H groups in total. The molecule has 6 heteroatoms. The van der Waals surface area contributed by atoms with E-state index < -0.39 is 42.3 Å². The molecule has 3 saturated heterocycles. The lowest BCUT2D eigenvalue weighted by molar-refractivity contribution is -0.227. The Morgan fingerprint density at radius 2 is 1.67 bits per heavy atom. The highest BCUT2D eigenvalue weighted by molar-refractivity contribution is 4.97. The number of hydrogen-bond donors (Lipinski definition) is 0. The van der Waals surface area contributed by atoms with Gasteiger partial charge >= 0.3 is 0 Å². The third-order valence-electron chi connectivity index (χ3n) is 3.40. The molecule has 104 valence electrons. The second-order valence-electron chi connectivity index (χ2n) is 5.88. The van der Waals surface area contributed by atoms with Crippen LogP contribution in [0.15, 0.2) is 0 Å². The monoisotopic (exact) mass is 262 g/mol. The van der Waals surface area contributed by atoms with E-state index in [0.29, 0.717) is 6.61 Å². The van der Waals surface area contributed by atoms with E-state index in [-0.39, 0.29) is 0 Å². The van der Waals surface area contributed by atoms with Gasteiger partial charge in [-0.2, -0.15) is 0 Å². The standard InChI is InChI=1S/C12H19FO5/c1-11(2)14-5-6(16-11)8-7(13)9-10(15-8)18-12(3,4)17-9/h6-10H,5H2,1-4H3/t6?,7-,8-,9?,10-/m1/s1. The number of alkyl halides is 1. The van der Waals surface area contributed by atoms with Gasteiger partial charge in [0.25, 0.3) is 0 Å². The summed E-state index contributed by atoms with van der Waals surface area (Å²) in [5.41, 5.74) is 0. The first-order valence-electron chi connectivity index (χ1n) is 6.24. The van der Waals surface area contributed by atoms with Crippen molar-refractivity contribution in [1.29, 1.82) is 0 Å². The molecule has 3 heterocycles. The molecule has 0 bridgehead atoms. The van der Waals surface area contributed by atoms with Crippen LogP contribution in [0.3, 0.4) is 0 Å². The summed E-state index contributed by atoms with van der Waals surface area (Å²) < 4.78 is 42.0. The maximum atomic E-state index is 14.3. The van der Waals surface area contributed by atoms with Crippen LogP contribution < -0.4 is 0 Å². The van der Waals surface area contributed by atoms with Crippen LogP contribution in [0.1, 0.15) is 27.7 Å². The lowest BCUT2D eigenvalue weighted by atomic mass is 10.1. The smallest absolute Gasteiger partial charge is 0.190 e. The fraction of sp³-hybridized carbons (Fsp3) is 1.00. The maximum Gasteiger partial charge on any atom is 0.190 e. The van der Waals surface area contributed by atoms with Gasteiger partial charge in [-0.3, -0.25) is 0 Å². The lowest BCUT2D eigenvalue weighted by Gasteiger charge is -2.25. The summed E-state index contributed by atoms with van der Waals surface area (Å²) in [6.45, 7) is 7.41. The van der Waals surface area contributed by atoms with Crippen LogP contribution in [-0.2, 0) is 23.7 Å². The number of ether oxygens (including phenoxy) is 5. The van der Waals surface area contributed by atoms with E-state index in [1.165, 1.54) is 0 Å². The zero-order valence-corrected chi connectivity index (χ0v) is 11.0. The summed E-state index contributed by atoms with van der Waals surface area (Å²) in [6, 6.07) is 0. The fourth-order valence-corrected chi connectivity index (χ4v) is 2.67. The van der Waals surface area contributed by atoms with Gasteiger partial charge in [-0.25, -0.2) is 4.39 Å². The van der Waals surface area contributed by atoms with Gasteiger partial charge < -0.3 is 23.7 Å². The van der Waals surface area contributed by atoms with Crippen LogP contribution in [0.2, 0.25) is 0 Å². The minimum absolute atomic E-state index is 0.320. The minimum Gasteiger partial charge on any atom is -0.348 e. The number of halogens is 1. The van der Waals surface area contributed by atoms with Gasteiger partial charge in [-0.1, -0.05) is 0 Å². The van der Waals surface area contributed by atoms with Gasteiger partial charge in [0.1, 0.15) is 18.3 Å². The molecular weight excluding hydrogens is 243 g/mol. The molecule has 3 rings (SSSR count). The molecule has 0 aromatic rings. The topological polar surface area (TPSA) is 46.2 Å². The number of fused-ring (bicyclic) bond motifs is 1. The maximum absolute atomic E-state index is 14.3. The summed E-state index contributed by atoms with van der Waals surface area (Å²) in [6.07, 6.45) is -3.72. The highest BCUT2D eigenvalue weighted by Crippen LogP contribution is 2.41. The van der Waals surface area contributed by atoms with E-state index in [0.717, 1.165) is 0 Å². The van der Waals surface area contributed by atoms with Crippen LogP contribution in [0.4, 0.5) is 4.39 Å². The summed E-state index contributed by atoms with van der Waals surface area (Å²) in [5.74, 6) is -1.48. The Kier molecular flexibility index (Phi) is 2.74. The van der Waals surface area contributed by atoms with Gasteiger partial charge in [0.05, 0.1) is 6.61 Å². The van der Waals surface area contributed by atoms with Crippen molar-refractivity contribution in [2.24, 2.45) is 0 Å². The molecule has 0 aliphatic carbocycles. The first-order valence-corrected chi connectivity index (χ1v) is 6.24. The third-order valence-corrected chi connectivity index (χ3v) is 3.40. The molecule has 3 aliphatic heterocycles. The number of rotatable bonds is 1. The summed E-state index contributed by atoms with van der Waals surface area (Å²) in [5, 5.41) is 0. The molecule has 5 nitrogen and oxygen atoms in total. The molecule has 2 unspecified atom stereocenters. The van der Waals surface area contributed by atoms with Crippen molar-refractivity contribution in [2.75, 3.05) is 6.61 Å². The molecule has 18 heavy (non-hydrogen) atoms. The summed E-state index contributed by atoms with van der Waals surface area (Å²) >= 11 is 0. The molecule has 0 saturated carbocycles. The highest BCUT2D eigenvalue weighted by atomic mass is 19.1. The van der Waals surface area contributed by atoms with Gasteiger partial charge in [-0.15, -0.1) is 0 Å². The second-order valence-corrected chi connectivity index (χ2v) is 5.88. The molecule has 0 spiro atoms. The minimum atomic E-state index is -1.26. The molecule has 0 amide bonds. The van der Waals surface area contributed by atoms with Crippen molar-refractivity contribution in [1.82, 2.24) is 0 Å². The predicted molar refractivity (Wildman–Crippen MR) is 58.5 cm³/mol. The zero-order chi connectivity index (χ0) is 13.1. The molecule has 0 aromatic carbocycles. The van der Waals surface area contributed by atoms with Crippen molar-refractivity contribution in [3.05, 3.63) is 0 Å². The molecule has 0 radical (unpaired) electrons. The molecule has 5 atom stereocenters. The largest absolute Gasteiger partial charge is 0.348 e. The Morgan fingerprint density at radius 1 is 0.944 bits per heavy atom. The Balaban J connectivity index is 1.68. The third kappa shape index (κ3) is 2.06. The molecule has 0 aromatic heterocycles. The van der Waals surface area contributed by atoms with E-state index in [4.69, 9.17) is 23.7 Å². The average molecular weight is 262 g/mol. The van der Waals surface area contributed by atoms with E-state index >= 15 is 0 Å². The quantitative estimate of drug-likeness (QED) is 0.714. The van der Waals surface area contributed by atoms with Crippen LogP contribution in [0, 0.1) is 0 Å². The van der Waals surface area contributed by atoms with E-state index in [1.54, 1.807) is 27.7 Å². The van der Waals surface area contributed by atoms with Crippen molar-refractivity contribution < 1.29 is 28.1 Å². The van der Waals surface area contributed by atoms with Crippen LogP contribution in [0.25, 0.3) is 0 Å². The van der Waals surface area contributed by atoms with E-state index in [1.807, 2.05) is 0 Å². The zero-order valence-electron chi connectivity index (χ0n) is 11.0. The summed E-state index contributed by atoms with van der Waals surface area (Å²) in [7, 11) is 0. The van der Waals surface area contributed by atoms with Crippen molar-refractivity contribution >= 4 is 0 Å². The number of hydrogen-bond acceptors (Lipinski definition) is 5. The SMILES string of the molecule is CC1(C)OCC([C@H]2O[C@@H]3OC(C)(C)OC3[C@@H]2F)O1. The van der Waals surface area contributed by atoms with E-state index in [9.17, 15) is 4.39 Å². The van der Waals surface area contributed by atoms with Crippen LogP contribution in [0.5, 0.6) is 0 Å². The molecule has 3 fully saturated rings. The Hall–Kier alpha value is -0.270. The first-order chi connectivity index (χ1) is 8.27. The summed E-state index contributed by atoms with van der Waals surface area (Å²) in [4.78, 5) is 0. The lowest BCUT2D eigenvalue weighted by Crippen LogP contribution is -2.40. The first kappa shape index (κ1) is 12.7. The van der Waals surface area contributed by atoms with E-state index in [2.05, 4.69) is 0 Å². The average Bonchev–Trinajstić information content (AvgIpc) is 2.81. The fourth-order valence-electron chi connectivity index (χ4n) is 2.67. The Bertz CT molecular complexity index is 345. The molecule has 3 aliphatic rings. The predicted octanol–water partition coefficient (Wildman–Crippen LogP) is 1.35. The van der Waals surface area contributed by atoms with Crippen LogP contribution >= 0.6 is 0 Å². The Morgan fingerprint density at radius 3 is 2.22 bits per heavy atom. The van der Waals surface area contributed by atoms with Crippen LogP contribution in [-0.4, -0.2) is 49.0 Å². The van der Waals surface area contributed by atoms with Crippen molar-refractivity contribution in [3.63, 3.8) is 0 Å². The van der Waals surface area contributed by atoms with Gasteiger partial charge in [0.15, 0.2) is 24.0 Å². The van der Waals surface area contributed by atoms with Crippen molar-refractivity contribution in [3.8, 4) is 0 Å². The van der Waals surface area contributed by atoms with Crippen molar-refractivity contribution in [2.45, 2.75) is 70.0 Å². The van der Waals surface area contributed by atoms with Gasteiger partial charge in [0, 0.05) is 0 Å². The second kappa shape index (κ2) is 3.86. The highest BCUT2D eigenvalue weighted by Gasteiger charge is 2.58. The normalized spacial score (nSPS) is 49.5. The van der Waals surface area contributed by atoms with Gasteiger partial charge in [-0.05, 0) is 27.7 Å². The Labute approximate surface area is 105 Å².